The van der Waals surface area contributed by atoms with Crippen LogP contribution in [0.4, 0.5) is 0 Å². The first-order chi connectivity index (χ1) is 7.69. The molecule has 1 rings (SSSR count). The van der Waals surface area contributed by atoms with E-state index in [0.717, 1.165) is 0 Å². The first-order valence-electron chi connectivity index (χ1n) is 4.66. The molecule has 1 aromatic rings. The minimum atomic E-state index is -0.395. The van der Waals surface area contributed by atoms with Crippen molar-refractivity contribution >= 4 is 11.8 Å². The number of ether oxygens (including phenoxy) is 1. The van der Waals surface area contributed by atoms with Crippen molar-refractivity contribution in [3.8, 4) is 5.88 Å². The second-order valence-corrected chi connectivity index (χ2v) is 2.92. The highest BCUT2D eigenvalue weighted by atomic mass is 16.5. The number of hydrogen-bond acceptors (Lipinski definition) is 4. The van der Waals surface area contributed by atoms with Gasteiger partial charge in [0.25, 0.3) is 5.91 Å². The summed E-state index contributed by atoms with van der Waals surface area (Å²) in [6.45, 7) is -0.0760. The normalized spacial score (nSPS) is 9.38. The second-order valence-electron chi connectivity index (χ2n) is 2.92. The van der Waals surface area contributed by atoms with Crippen LogP contribution in [0.3, 0.4) is 0 Å². The van der Waals surface area contributed by atoms with Crippen molar-refractivity contribution in [2.75, 3.05) is 20.7 Å². The number of carbonyl (C=O) groups excluding carboxylic acids is 2. The molecule has 0 aliphatic rings. The molecule has 2 amide bonds. The summed E-state index contributed by atoms with van der Waals surface area (Å²) in [5.41, 5.74) is 0.300. The molecule has 0 unspecified atom stereocenters. The molecule has 2 N–H and O–H groups in total. The Labute approximate surface area is 93.0 Å². The average Bonchev–Trinajstić information content (AvgIpc) is 2.35. The summed E-state index contributed by atoms with van der Waals surface area (Å²) in [4.78, 5) is 26.4. The minimum absolute atomic E-state index is 0.0760. The molecule has 0 radical (unpaired) electrons. The van der Waals surface area contributed by atoms with Gasteiger partial charge in [-0.2, -0.15) is 0 Å². The number of pyridine rings is 1. The molecular weight excluding hydrogens is 210 g/mol. The lowest BCUT2D eigenvalue weighted by Gasteiger charge is -2.07. The number of amides is 2. The van der Waals surface area contributed by atoms with Crippen molar-refractivity contribution in [2.24, 2.45) is 0 Å². The zero-order valence-corrected chi connectivity index (χ0v) is 9.11. The van der Waals surface area contributed by atoms with Crippen molar-refractivity contribution in [3.05, 3.63) is 23.9 Å². The Bertz CT molecular complexity index is 393. The Hall–Kier alpha value is -2.11. The molecule has 16 heavy (non-hydrogen) atoms. The van der Waals surface area contributed by atoms with Crippen molar-refractivity contribution in [1.29, 1.82) is 0 Å². The number of methoxy groups -OCH3 is 1. The predicted octanol–water partition coefficient (Wildman–Crippen LogP) is -0.434. The van der Waals surface area contributed by atoms with Crippen LogP contribution in [-0.2, 0) is 4.79 Å². The van der Waals surface area contributed by atoms with Gasteiger partial charge in [-0.15, -0.1) is 0 Å². The summed E-state index contributed by atoms with van der Waals surface area (Å²) in [5.74, 6) is -0.429. The van der Waals surface area contributed by atoms with E-state index in [2.05, 4.69) is 15.6 Å². The monoisotopic (exact) mass is 223 g/mol. The van der Waals surface area contributed by atoms with Crippen molar-refractivity contribution < 1.29 is 14.3 Å². The van der Waals surface area contributed by atoms with Crippen LogP contribution in [0.2, 0.25) is 0 Å². The van der Waals surface area contributed by atoms with Crippen LogP contribution in [0.15, 0.2) is 18.3 Å². The first kappa shape index (κ1) is 12.0. The molecule has 1 heterocycles. The molecule has 1 aromatic heterocycles. The van der Waals surface area contributed by atoms with Crippen LogP contribution in [0.25, 0.3) is 0 Å². The van der Waals surface area contributed by atoms with Gasteiger partial charge in [-0.05, 0) is 12.1 Å². The Morgan fingerprint density at radius 2 is 2.25 bits per heavy atom. The maximum absolute atomic E-state index is 11.6. The lowest BCUT2D eigenvalue weighted by molar-refractivity contribution is -0.119. The molecule has 0 fully saturated rings. The van der Waals surface area contributed by atoms with Gasteiger partial charge >= 0.3 is 0 Å². The zero-order chi connectivity index (χ0) is 12.0. The SMILES string of the molecule is CNC(=O)CNC(=O)c1cccnc1OC. The van der Waals surface area contributed by atoms with E-state index in [9.17, 15) is 9.59 Å². The largest absolute Gasteiger partial charge is 0.480 e. The Morgan fingerprint density at radius 1 is 1.50 bits per heavy atom. The number of hydrogen-bond donors (Lipinski definition) is 2. The highest BCUT2D eigenvalue weighted by Gasteiger charge is 2.12. The van der Waals surface area contributed by atoms with Crippen molar-refractivity contribution in [3.63, 3.8) is 0 Å². The molecule has 0 saturated heterocycles. The fourth-order valence-corrected chi connectivity index (χ4v) is 1.07. The number of nitrogens with one attached hydrogen (secondary N) is 2. The smallest absolute Gasteiger partial charge is 0.257 e. The summed E-state index contributed by atoms with van der Waals surface area (Å²) >= 11 is 0. The Balaban J connectivity index is 2.69. The molecule has 0 bridgehead atoms. The van der Waals surface area contributed by atoms with E-state index in [0.29, 0.717) is 5.56 Å². The Morgan fingerprint density at radius 3 is 2.88 bits per heavy atom. The molecule has 0 spiro atoms. The highest BCUT2D eigenvalue weighted by molar-refractivity contribution is 5.98. The summed E-state index contributed by atoms with van der Waals surface area (Å²) < 4.78 is 4.93. The van der Waals surface area contributed by atoms with Gasteiger partial charge < -0.3 is 15.4 Å². The number of nitrogens with zero attached hydrogens (tertiary/aromatic N) is 1. The fourth-order valence-electron chi connectivity index (χ4n) is 1.07. The molecule has 6 nitrogen and oxygen atoms in total. The van der Waals surface area contributed by atoms with Gasteiger partial charge in [0.15, 0.2) is 0 Å². The van der Waals surface area contributed by atoms with E-state index < -0.39 is 5.91 Å². The molecule has 6 heteroatoms. The van der Waals surface area contributed by atoms with Gasteiger partial charge in [-0.3, -0.25) is 9.59 Å². The van der Waals surface area contributed by atoms with Gasteiger partial charge in [0.2, 0.25) is 11.8 Å². The zero-order valence-electron chi connectivity index (χ0n) is 9.11. The third-order valence-corrected chi connectivity index (χ3v) is 1.90. The number of carbonyl (C=O) groups is 2. The van der Waals surface area contributed by atoms with Crippen molar-refractivity contribution in [1.82, 2.24) is 15.6 Å². The predicted molar refractivity (Wildman–Crippen MR) is 57.2 cm³/mol. The number of rotatable bonds is 4. The summed E-state index contributed by atoms with van der Waals surface area (Å²) in [6, 6.07) is 3.20. The van der Waals surface area contributed by atoms with E-state index in [-0.39, 0.29) is 18.3 Å². The van der Waals surface area contributed by atoms with E-state index in [1.54, 1.807) is 12.1 Å². The molecule has 0 aliphatic heterocycles. The maximum atomic E-state index is 11.6. The molecule has 0 saturated carbocycles. The molecule has 86 valence electrons. The van der Waals surface area contributed by atoms with Crippen LogP contribution in [0.1, 0.15) is 10.4 Å². The molecule has 0 aliphatic carbocycles. The molecular formula is C10H13N3O3. The minimum Gasteiger partial charge on any atom is -0.480 e. The van der Waals surface area contributed by atoms with Crippen LogP contribution < -0.4 is 15.4 Å². The van der Waals surface area contributed by atoms with Crippen LogP contribution in [0.5, 0.6) is 5.88 Å². The summed E-state index contributed by atoms with van der Waals surface area (Å²) in [6.07, 6.45) is 1.52. The lowest BCUT2D eigenvalue weighted by Crippen LogP contribution is -2.35. The van der Waals surface area contributed by atoms with Gasteiger partial charge in [-0.25, -0.2) is 4.98 Å². The summed E-state index contributed by atoms with van der Waals surface area (Å²) in [5, 5.41) is 4.85. The average molecular weight is 223 g/mol. The first-order valence-corrected chi connectivity index (χ1v) is 4.66. The second kappa shape index (κ2) is 5.69. The third-order valence-electron chi connectivity index (χ3n) is 1.90. The fraction of sp³-hybridized carbons (Fsp3) is 0.300. The van der Waals surface area contributed by atoms with E-state index in [4.69, 9.17) is 4.74 Å². The molecule has 0 aromatic carbocycles. The van der Waals surface area contributed by atoms with Crippen LogP contribution in [-0.4, -0.2) is 37.5 Å². The Kier molecular flexibility index (Phi) is 4.26. The number of likely N-dealkylation sites (N-methyl/N-ethyl adjacent to an activating group) is 1. The van der Waals surface area contributed by atoms with E-state index in [1.165, 1.54) is 20.4 Å². The van der Waals surface area contributed by atoms with E-state index in [1.807, 2.05) is 0 Å². The van der Waals surface area contributed by atoms with Crippen LogP contribution in [0, 0.1) is 0 Å². The van der Waals surface area contributed by atoms with Crippen LogP contribution >= 0.6 is 0 Å². The van der Waals surface area contributed by atoms with Gasteiger partial charge in [0.05, 0.1) is 13.7 Å². The summed E-state index contributed by atoms with van der Waals surface area (Å²) in [7, 11) is 2.93. The standard InChI is InChI=1S/C10H13N3O3/c1-11-8(14)6-13-9(15)7-4-3-5-12-10(7)16-2/h3-5H,6H2,1-2H3,(H,11,14)(H,13,15). The van der Waals surface area contributed by atoms with Gasteiger partial charge in [0, 0.05) is 13.2 Å². The molecule has 0 atom stereocenters. The van der Waals surface area contributed by atoms with Crippen molar-refractivity contribution in [2.45, 2.75) is 0 Å². The maximum Gasteiger partial charge on any atom is 0.257 e. The van der Waals surface area contributed by atoms with Gasteiger partial charge in [-0.1, -0.05) is 0 Å². The van der Waals surface area contributed by atoms with E-state index >= 15 is 0 Å². The quantitative estimate of drug-likeness (QED) is 0.725. The number of aromatic nitrogens is 1. The topological polar surface area (TPSA) is 80.3 Å². The van der Waals surface area contributed by atoms with Gasteiger partial charge in [0.1, 0.15) is 5.56 Å². The highest BCUT2D eigenvalue weighted by Crippen LogP contribution is 2.12. The third kappa shape index (κ3) is 2.94. The lowest BCUT2D eigenvalue weighted by atomic mass is 10.2.